The highest BCUT2D eigenvalue weighted by Gasteiger charge is 2.18. The first kappa shape index (κ1) is 30.5. The molecule has 0 unspecified atom stereocenters. The predicted molar refractivity (Wildman–Crippen MR) is 229 cm³/mol. The summed E-state index contributed by atoms with van der Waals surface area (Å²) in [6.45, 7) is 0. The molecule has 54 heavy (non-hydrogen) atoms. The van der Waals surface area contributed by atoms with Crippen molar-refractivity contribution in [3.05, 3.63) is 200 Å². The number of hydrogen-bond acceptors (Lipinski definition) is 2. The van der Waals surface area contributed by atoms with Gasteiger partial charge in [-0.15, -0.1) is 0 Å². The summed E-state index contributed by atoms with van der Waals surface area (Å²) in [5.41, 5.74) is 9.88. The van der Waals surface area contributed by atoms with Crippen molar-refractivity contribution < 1.29 is 4.42 Å². The highest BCUT2D eigenvalue weighted by Crippen LogP contribution is 2.43. The molecule has 0 aliphatic carbocycles. The average molecular weight is 688 g/mol. The lowest BCUT2D eigenvalue weighted by Gasteiger charge is -2.28. The third kappa shape index (κ3) is 4.88. The van der Waals surface area contributed by atoms with E-state index in [-0.39, 0.29) is 0 Å². The molecule has 2 heteroatoms. The summed E-state index contributed by atoms with van der Waals surface area (Å²) < 4.78 is 6.54. The van der Waals surface area contributed by atoms with Crippen LogP contribution in [0, 0.1) is 0 Å². The first-order valence-corrected chi connectivity index (χ1v) is 18.5. The van der Waals surface area contributed by atoms with E-state index in [1.54, 1.807) is 0 Å². The van der Waals surface area contributed by atoms with E-state index in [0.717, 1.165) is 55.5 Å². The minimum Gasteiger partial charge on any atom is -0.455 e. The van der Waals surface area contributed by atoms with Gasteiger partial charge in [0.1, 0.15) is 11.2 Å². The van der Waals surface area contributed by atoms with Crippen LogP contribution in [0.3, 0.4) is 0 Å². The monoisotopic (exact) mass is 687 g/mol. The molecule has 0 fully saturated rings. The quantitative estimate of drug-likeness (QED) is 0.168. The summed E-state index contributed by atoms with van der Waals surface area (Å²) >= 11 is 0. The standard InChI is InChI=1S/C52H33NO/c1-4-14-42-35(10-1)13-9-19-43(42)37-22-28-41(29-23-37)53(50-32-39-12-3-5-15-44(39)46-17-7-8-18-47(46)50)40-26-20-34(21-27-40)38-25-30-48-49-31-24-36-11-2-6-16-45(36)52(49)54-51(48)33-38/h1-33H. The van der Waals surface area contributed by atoms with Crippen LogP contribution in [0.1, 0.15) is 0 Å². The number of nitrogens with zero attached hydrogens (tertiary/aromatic N) is 1. The van der Waals surface area contributed by atoms with Crippen molar-refractivity contribution in [2.24, 2.45) is 0 Å². The Morgan fingerprint density at radius 3 is 1.63 bits per heavy atom. The molecule has 0 aliphatic heterocycles. The molecule has 0 aliphatic rings. The zero-order valence-corrected chi connectivity index (χ0v) is 29.4. The molecule has 11 rings (SSSR count). The van der Waals surface area contributed by atoms with Gasteiger partial charge in [-0.25, -0.2) is 0 Å². The molecule has 1 aromatic heterocycles. The van der Waals surface area contributed by atoms with Crippen LogP contribution in [0.5, 0.6) is 0 Å². The van der Waals surface area contributed by atoms with Crippen LogP contribution in [0.2, 0.25) is 0 Å². The fraction of sp³-hybridized carbons (Fsp3) is 0. The van der Waals surface area contributed by atoms with Crippen molar-refractivity contribution in [2.75, 3.05) is 4.90 Å². The normalized spacial score (nSPS) is 11.7. The van der Waals surface area contributed by atoms with Crippen LogP contribution in [0.15, 0.2) is 205 Å². The second-order valence-electron chi connectivity index (χ2n) is 14.1. The lowest BCUT2D eigenvalue weighted by molar-refractivity contribution is 0.673. The van der Waals surface area contributed by atoms with Gasteiger partial charge < -0.3 is 9.32 Å². The van der Waals surface area contributed by atoms with E-state index in [0.29, 0.717) is 0 Å². The van der Waals surface area contributed by atoms with Crippen LogP contribution in [0.25, 0.3) is 87.3 Å². The lowest BCUT2D eigenvalue weighted by atomic mass is 9.97. The second-order valence-corrected chi connectivity index (χ2v) is 14.1. The van der Waals surface area contributed by atoms with Gasteiger partial charge >= 0.3 is 0 Å². The minimum atomic E-state index is 0.901. The average Bonchev–Trinajstić information content (AvgIpc) is 3.63. The number of furan rings is 1. The van der Waals surface area contributed by atoms with E-state index >= 15 is 0 Å². The predicted octanol–water partition coefficient (Wildman–Crippen LogP) is 15.0. The number of benzene rings is 10. The summed E-state index contributed by atoms with van der Waals surface area (Å²) in [6.07, 6.45) is 0. The Morgan fingerprint density at radius 1 is 0.315 bits per heavy atom. The summed E-state index contributed by atoms with van der Waals surface area (Å²) in [5.74, 6) is 0. The zero-order chi connectivity index (χ0) is 35.6. The van der Waals surface area contributed by atoms with Crippen LogP contribution in [-0.2, 0) is 0 Å². The molecule has 10 aromatic carbocycles. The Labute approximate surface area is 312 Å². The van der Waals surface area contributed by atoms with Gasteiger partial charge in [-0.2, -0.15) is 0 Å². The van der Waals surface area contributed by atoms with Crippen LogP contribution in [0.4, 0.5) is 17.1 Å². The number of hydrogen-bond donors (Lipinski definition) is 0. The maximum atomic E-state index is 6.54. The first-order valence-electron chi connectivity index (χ1n) is 18.5. The highest BCUT2D eigenvalue weighted by atomic mass is 16.3. The Hall–Kier alpha value is -7.16. The van der Waals surface area contributed by atoms with Crippen molar-refractivity contribution in [1.29, 1.82) is 0 Å². The molecule has 0 saturated heterocycles. The van der Waals surface area contributed by atoms with Gasteiger partial charge in [0.15, 0.2) is 0 Å². The molecule has 0 radical (unpaired) electrons. The Morgan fingerprint density at radius 2 is 0.870 bits per heavy atom. The van der Waals surface area contributed by atoms with Gasteiger partial charge in [-0.3, -0.25) is 0 Å². The Bertz CT molecular complexity index is 3200. The molecule has 0 amide bonds. The zero-order valence-electron chi connectivity index (χ0n) is 29.4. The number of anilines is 3. The molecule has 0 bridgehead atoms. The fourth-order valence-electron chi connectivity index (χ4n) is 8.40. The molecule has 0 N–H and O–H groups in total. The third-order valence-corrected chi connectivity index (χ3v) is 11.0. The van der Waals surface area contributed by atoms with Gasteiger partial charge in [0, 0.05) is 32.9 Å². The van der Waals surface area contributed by atoms with Crippen molar-refractivity contribution in [3.63, 3.8) is 0 Å². The lowest BCUT2D eigenvalue weighted by Crippen LogP contribution is -2.10. The SMILES string of the molecule is c1ccc2c(-c3ccc(N(c4ccc(-c5ccc6c(c5)oc5c7ccccc7ccc65)cc4)c4cc5ccccc5c5ccccc45)cc3)cccc2c1. The molecule has 11 aromatic rings. The molecular formula is C52H33NO. The fourth-order valence-corrected chi connectivity index (χ4v) is 8.40. The van der Waals surface area contributed by atoms with Gasteiger partial charge in [-0.1, -0.05) is 152 Å². The highest BCUT2D eigenvalue weighted by molar-refractivity contribution is 6.16. The number of rotatable bonds is 5. The van der Waals surface area contributed by atoms with Crippen LogP contribution >= 0.6 is 0 Å². The topological polar surface area (TPSA) is 16.4 Å². The van der Waals surface area contributed by atoms with Crippen LogP contribution in [-0.4, -0.2) is 0 Å². The largest absolute Gasteiger partial charge is 0.455 e. The van der Waals surface area contributed by atoms with Crippen molar-refractivity contribution >= 4 is 82.1 Å². The summed E-state index contributed by atoms with van der Waals surface area (Å²) in [4.78, 5) is 2.40. The molecule has 0 atom stereocenters. The molecular weight excluding hydrogens is 655 g/mol. The number of fused-ring (bicyclic) bond motifs is 9. The van der Waals surface area contributed by atoms with Crippen LogP contribution < -0.4 is 4.90 Å². The van der Waals surface area contributed by atoms with Crippen molar-refractivity contribution in [3.8, 4) is 22.3 Å². The van der Waals surface area contributed by atoms with Gasteiger partial charge in [0.05, 0.1) is 5.69 Å². The first-order chi connectivity index (χ1) is 26.8. The minimum absolute atomic E-state index is 0.901. The van der Waals surface area contributed by atoms with E-state index in [4.69, 9.17) is 4.42 Å². The molecule has 2 nitrogen and oxygen atoms in total. The third-order valence-electron chi connectivity index (χ3n) is 11.0. The maximum absolute atomic E-state index is 6.54. The Balaban J connectivity index is 1.04. The molecule has 0 spiro atoms. The molecule has 1 heterocycles. The molecule has 252 valence electrons. The van der Waals surface area contributed by atoms with Crippen molar-refractivity contribution in [2.45, 2.75) is 0 Å². The summed E-state index contributed by atoms with van der Waals surface area (Å²) in [5, 5.41) is 12.0. The van der Waals surface area contributed by atoms with E-state index in [2.05, 4.69) is 205 Å². The molecule has 0 saturated carbocycles. The maximum Gasteiger partial charge on any atom is 0.143 e. The van der Waals surface area contributed by atoms with Gasteiger partial charge in [0.25, 0.3) is 0 Å². The van der Waals surface area contributed by atoms with Gasteiger partial charge in [-0.05, 0) is 103 Å². The summed E-state index contributed by atoms with van der Waals surface area (Å²) in [6, 6.07) is 72.3. The smallest absolute Gasteiger partial charge is 0.143 e. The summed E-state index contributed by atoms with van der Waals surface area (Å²) in [7, 11) is 0. The second kappa shape index (κ2) is 12.2. The van der Waals surface area contributed by atoms with Crippen molar-refractivity contribution in [1.82, 2.24) is 0 Å². The van der Waals surface area contributed by atoms with Gasteiger partial charge in [0.2, 0.25) is 0 Å². The van der Waals surface area contributed by atoms with E-state index in [1.807, 2.05) is 0 Å². The Kier molecular flexibility index (Phi) is 6.90. The van der Waals surface area contributed by atoms with E-state index in [1.165, 1.54) is 48.8 Å². The van der Waals surface area contributed by atoms with E-state index < -0.39 is 0 Å². The van der Waals surface area contributed by atoms with E-state index in [9.17, 15) is 0 Å².